The largest absolute Gasteiger partial charge is 0.394 e. The molecule has 0 fully saturated rings. The zero-order valence-electron chi connectivity index (χ0n) is 16.4. The summed E-state index contributed by atoms with van der Waals surface area (Å²) in [7, 11) is 0. The summed E-state index contributed by atoms with van der Waals surface area (Å²) in [4.78, 5) is 0. The monoisotopic (exact) mass is 410 g/mol. The number of aliphatic hydroxyl groups is 1. The van der Waals surface area contributed by atoms with Crippen molar-refractivity contribution < 1.29 is 31.8 Å². The molecule has 0 radical (unpaired) electrons. The molecule has 7 heteroatoms. The van der Waals surface area contributed by atoms with Gasteiger partial charge in [-0.3, -0.25) is 0 Å². The van der Waals surface area contributed by atoms with Crippen LogP contribution in [-0.4, -0.2) is 24.9 Å². The van der Waals surface area contributed by atoms with Gasteiger partial charge in [-0.2, -0.15) is 0 Å². The topological polar surface area (TPSA) is 29.5 Å². The second-order valence-electron chi connectivity index (χ2n) is 7.02. The smallest absolute Gasteiger partial charge is 0.200 e. The Morgan fingerprint density at radius 2 is 0.893 bits per heavy atom. The fourth-order valence-electron chi connectivity index (χ4n) is 3.13. The standard InChI is InChI=1S/C21H31F5O2/c22-17-16(18(23)20(25)21(26)19(17)24)12-10-8-6-4-2-1-3-5-7-9-11-14-28-15-13-27/h27H,1-15H2. The van der Waals surface area contributed by atoms with Crippen LogP contribution in [0, 0.1) is 29.1 Å². The average molecular weight is 410 g/mol. The minimum absolute atomic E-state index is 0.0666. The molecular weight excluding hydrogens is 379 g/mol. The molecule has 28 heavy (non-hydrogen) atoms. The van der Waals surface area contributed by atoms with Gasteiger partial charge in [-0.1, -0.05) is 57.8 Å². The molecule has 0 aliphatic heterocycles. The Bertz CT molecular complexity index is 537. The molecule has 0 saturated carbocycles. The van der Waals surface area contributed by atoms with Crippen molar-refractivity contribution in [2.24, 2.45) is 0 Å². The fraction of sp³-hybridized carbons (Fsp3) is 0.714. The predicted molar refractivity (Wildman–Crippen MR) is 98.6 cm³/mol. The van der Waals surface area contributed by atoms with Crippen LogP contribution in [0.25, 0.3) is 0 Å². The molecule has 1 aromatic carbocycles. The van der Waals surface area contributed by atoms with E-state index in [0.29, 0.717) is 26.1 Å². The first kappa shape index (κ1) is 24.8. The Kier molecular flexibility index (Phi) is 13.1. The van der Waals surface area contributed by atoms with E-state index in [1.54, 1.807) is 0 Å². The zero-order chi connectivity index (χ0) is 20.8. The van der Waals surface area contributed by atoms with E-state index in [0.717, 1.165) is 38.5 Å². The molecule has 0 atom stereocenters. The molecule has 0 amide bonds. The molecule has 1 rings (SSSR count). The summed E-state index contributed by atoms with van der Waals surface area (Å²) in [5.74, 6) is -9.26. The van der Waals surface area contributed by atoms with Gasteiger partial charge in [-0.05, 0) is 19.3 Å². The highest BCUT2D eigenvalue weighted by molar-refractivity contribution is 5.24. The highest BCUT2D eigenvalue weighted by Crippen LogP contribution is 2.24. The van der Waals surface area contributed by atoms with E-state index in [4.69, 9.17) is 9.84 Å². The van der Waals surface area contributed by atoms with E-state index in [-0.39, 0.29) is 13.0 Å². The van der Waals surface area contributed by atoms with Gasteiger partial charge in [0.2, 0.25) is 5.82 Å². The summed E-state index contributed by atoms with van der Waals surface area (Å²) in [6.45, 7) is 1.17. The van der Waals surface area contributed by atoms with Crippen LogP contribution < -0.4 is 0 Å². The second kappa shape index (κ2) is 14.7. The van der Waals surface area contributed by atoms with Crippen molar-refractivity contribution in [3.05, 3.63) is 34.6 Å². The fourth-order valence-corrected chi connectivity index (χ4v) is 3.13. The maximum atomic E-state index is 13.5. The van der Waals surface area contributed by atoms with Crippen LogP contribution in [0.5, 0.6) is 0 Å². The van der Waals surface area contributed by atoms with Crippen molar-refractivity contribution in [1.82, 2.24) is 0 Å². The second-order valence-corrected chi connectivity index (χ2v) is 7.02. The third-order valence-electron chi connectivity index (χ3n) is 4.75. The van der Waals surface area contributed by atoms with Gasteiger partial charge in [0, 0.05) is 12.2 Å². The Morgan fingerprint density at radius 1 is 0.500 bits per heavy atom. The van der Waals surface area contributed by atoms with Crippen molar-refractivity contribution in [1.29, 1.82) is 0 Å². The SMILES string of the molecule is OCCOCCCCCCCCCCCCCc1c(F)c(F)c(F)c(F)c1F. The van der Waals surface area contributed by atoms with Gasteiger partial charge in [-0.25, -0.2) is 22.0 Å². The zero-order valence-corrected chi connectivity index (χ0v) is 16.4. The molecule has 0 aliphatic carbocycles. The van der Waals surface area contributed by atoms with Crippen LogP contribution in [0.3, 0.4) is 0 Å². The van der Waals surface area contributed by atoms with Crippen molar-refractivity contribution in [2.45, 2.75) is 77.0 Å². The normalized spacial score (nSPS) is 11.4. The number of ether oxygens (including phenoxy) is 1. The third kappa shape index (κ3) is 8.86. The maximum absolute atomic E-state index is 13.5. The number of halogens is 5. The predicted octanol–water partition coefficient (Wildman–Crippen LogP) is 6.22. The molecule has 0 heterocycles. The molecule has 1 aromatic rings. The summed E-state index contributed by atoms with van der Waals surface area (Å²) in [6.07, 6.45) is 10.7. The van der Waals surface area contributed by atoms with Crippen LogP contribution >= 0.6 is 0 Å². The molecule has 162 valence electrons. The van der Waals surface area contributed by atoms with Gasteiger partial charge in [0.05, 0.1) is 13.2 Å². The first-order valence-corrected chi connectivity index (χ1v) is 10.2. The third-order valence-corrected chi connectivity index (χ3v) is 4.75. The molecule has 2 nitrogen and oxygen atoms in total. The summed E-state index contributed by atoms with van der Waals surface area (Å²) < 4.78 is 71.5. The van der Waals surface area contributed by atoms with Gasteiger partial charge in [0.1, 0.15) is 0 Å². The van der Waals surface area contributed by atoms with Crippen molar-refractivity contribution in [3.8, 4) is 0 Å². The lowest BCUT2D eigenvalue weighted by Crippen LogP contribution is -2.07. The van der Waals surface area contributed by atoms with E-state index in [2.05, 4.69) is 0 Å². The summed E-state index contributed by atoms with van der Waals surface area (Å²) >= 11 is 0. The molecule has 0 aromatic heterocycles. The van der Waals surface area contributed by atoms with Crippen LogP contribution in [0.15, 0.2) is 0 Å². The van der Waals surface area contributed by atoms with Gasteiger partial charge in [0.15, 0.2) is 23.3 Å². The summed E-state index contributed by atoms with van der Waals surface area (Å²) in [5, 5.41) is 8.57. The van der Waals surface area contributed by atoms with Gasteiger partial charge in [-0.15, -0.1) is 0 Å². The number of hydrogen-bond acceptors (Lipinski definition) is 2. The Labute approximate surface area is 164 Å². The molecule has 0 aliphatic rings. The Morgan fingerprint density at radius 3 is 1.36 bits per heavy atom. The van der Waals surface area contributed by atoms with Crippen molar-refractivity contribution >= 4 is 0 Å². The minimum Gasteiger partial charge on any atom is -0.394 e. The van der Waals surface area contributed by atoms with Crippen LogP contribution in [-0.2, 0) is 11.2 Å². The lowest BCUT2D eigenvalue weighted by molar-refractivity contribution is 0.0895. The number of hydrogen-bond donors (Lipinski definition) is 1. The molecule has 0 spiro atoms. The minimum atomic E-state index is -2.10. The molecular formula is C21H31F5O2. The molecule has 0 saturated heterocycles. The van der Waals surface area contributed by atoms with Crippen LogP contribution in [0.2, 0.25) is 0 Å². The quantitative estimate of drug-likeness (QED) is 0.152. The highest BCUT2D eigenvalue weighted by Gasteiger charge is 2.24. The molecule has 1 N–H and O–H groups in total. The Balaban J connectivity index is 2.02. The number of unbranched alkanes of at least 4 members (excludes halogenated alkanes) is 10. The van der Waals surface area contributed by atoms with Crippen LogP contribution in [0.4, 0.5) is 22.0 Å². The maximum Gasteiger partial charge on any atom is 0.200 e. The highest BCUT2D eigenvalue weighted by atomic mass is 19.2. The van der Waals surface area contributed by atoms with E-state index in [9.17, 15) is 22.0 Å². The van der Waals surface area contributed by atoms with Gasteiger partial charge in [0.25, 0.3) is 0 Å². The molecule has 0 bridgehead atoms. The van der Waals surface area contributed by atoms with E-state index >= 15 is 0 Å². The van der Waals surface area contributed by atoms with Crippen molar-refractivity contribution in [2.75, 3.05) is 19.8 Å². The lowest BCUT2D eigenvalue weighted by Gasteiger charge is -2.08. The van der Waals surface area contributed by atoms with E-state index in [1.165, 1.54) is 19.3 Å². The lowest BCUT2D eigenvalue weighted by atomic mass is 10.0. The number of benzene rings is 1. The average Bonchev–Trinajstić information content (AvgIpc) is 2.70. The van der Waals surface area contributed by atoms with Crippen molar-refractivity contribution in [3.63, 3.8) is 0 Å². The summed E-state index contributed by atoms with van der Waals surface area (Å²) in [5.41, 5.74) is -0.710. The first-order valence-electron chi connectivity index (χ1n) is 10.2. The van der Waals surface area contributed by atoms with Crippen LogP contribution in [0.1, 0.15) is 76.2 Å². The number of aliphatic hydroxyl groups excluding tert-OH is 1. The molecule has 0 unspecified atom stereocenters. The van der Waals surface area contributed by atoms with E-state index in [1.807, 2.05) is 0 Å². The van der Waals surface area contributed by atoms with E-state index < -0.39 is 34.6 Å². The first-order chi connectivity index (χ1) is 13.5. The summed E-state index contributed by atoms with van der Waals surface area (Å²) in [6, 6.07) is 0. The number of rotatable bonds is 16. The Hall–Kier alpha value is -1.21. The van der Waals surface area contributed by atoms with Gasteiger partial charge >= 0.3 is 0 Å². The van der Waals surface area contributed by atoms with Gasteiger partial charge < -0.3 is 9.84 Å².